The highest BCUT2D eigenvalue weighted by atomic mass is 32.2. The van der Waals surface area contributed by atoms with E-state index in [0.717, 1.165) is 48.4 Å². The topological polar surface area (TPSA) is 76.8 Å². The van der Waals surface area contributed by atoms with E-state index in [1.54, 1.807) is 23.1 Å². The van der Waals surface area contributed by atoms with E-state index in [9.17, 15) is 0 Å². The first-order chi connectivity index (χ1) is 15.2. The Morgan fingerprint density at radius 2 is 1.81 bits per heavy atom. The molecule has 0 aliphatic carbocycles. The van der Waals surface area contributed by atoms with Crippen LogP contribution in [0.2, 0.25) is 0 Å². The van der Waals surface area contributed by atoms with Crippen LogP contribution >= 0.6 is 35.3 Å². The fourth-order valence-corrected chi connectivity index (χ4v) is 5.58. The third-order valence-corrected chi connectivity index (χ3v) is 7.23. The minimum absolute atomic E-state index is 0.317. The van der Waals surface area contributed by atoms with Crippen molar-refractivity contribution in [3.05, 3.63) is 70.8 Å². The average molecular weight is 459 g/mol. The number of hydrogen-bond donors (Lipinski definition) is 2. The number of nitrogen functional groups attached to an aromatic ring is 1. The number of ether oxygens (including phenoxy) is 1. The van der Waals surface area contributed by atoms with Crippen molar-refractivity contribution in [3.8, 4) is 33.2 Å². The Morgan fingerprint density at radius 3 is 2.68 bits per heavy atom. The number of thiophene rings is 1. The van der Waals surface area contributed by atoms with Crippen LogP contribution in [0, 0.1) is 4.77 Å². The number of pyridine rings is 1. The number of H-pyrrole nitrogens is 1. The molecule has 150 valence electrons. The molecule has 6 rings (SSSR count). The summed E-state index contributed by atoms with van der Waals surface area (Å²) in [6.45, 7) is 0. The van der Waals surface area contributed by atoms with E-state index in [-0.39, 0.29) is 0 Å². The second kappa shape index (κ2) is 7.19. The number of anilines is 1. The Morgan fingerprint density at radius 1 is 0.935 bits per heavy atom. The Balaban J connectivity index is 1.54. The van der Waals surface area contributed by atoms with Crippen molar-refractivity contribution in [2.45, 2.75) is 9.79 Å². The van der Waals surface area contributed by atoms with E-state index in [1.165, 1.54) is 0 Å². The number of hydrogen-bond acceptors (Lipinski definition) is 7. The lowest BCUT2D eigenvalue weighted by Crippen LogP contribution is -2.00. The highest BCUT2D eigenvalue weighted by molar-refractivity contribution is 7.99. The van der Waals surface area contributed by atoms with Crippen LogP contribution < -0.4 is 10.5 Å². The van der Waals surface area contributed by atoms with Gasteiger partial charge in [-0.25, -0.2) is 4.98 Å². The van der Waals surface area contributed by atoms with Gasteiger partial charge in [-0.3, -0.25) is 0 Å². The maximum atomic E-state index is 6.27. The molecular formula is C23H14N4OS3. The van der Waals surface area contributed by atoms with Gasteiger partial charge in [-0.05, 0) is 60.1 Å². The third kappa shape index (κ3) is 3.20. The van der Waals surface area contributed by atoms with Crippen molar-refractivity contribution in [1.82, 2.24) is 15.0 Å². The molecular weight excluding hydrogens is 444 g/mol. The van der Waals surface area contributed by atoms with E-state index in [2.05, 4.69) is 34.2 Å². The van der Waals surface area contributed by atoms with E-state index in [1.807, 2.05) is 41.8 Å². The number of fused-ring (bicyclic) bond motifs is 3. The monoisotopic (exact) mass is 458 g/mol. The Kier molecular flexibility index (Phi) is 4.31. The maximum absolute atomic E-state index is 6.27. The normalized spacial score (nSPS) is 12.3. The van der Waals surface area contributed by atoms with Crippen LogP contribution in [0.4, 0.5) is 5.82 Å². The van der Waals surface area contributed by atoms with Crippen LogP contribution in [-0.4, -0.2) is 15.0 Å². The summed E-state index contributed by atoms with van der Waals surface area (Å²) < 4.78 is 6.38. The molecule has 0 spiro atoms. The molecule has 1 aliphatic heterocycles. The number of aromatic nitrogens is 3. The van der Waals surface area contributed by atoms with Crippen LogP contribution in [0.3, 0.4) is 0 Å². The second-order valence-electron chi connectivity index (χ2n) is 7.00. The molecule has 0 amide bonds. The molecule has 5 aromatic rings. The Hall–Kier alpha value is -3.20. The molecule has 2 aromatic carbocycles. The number of nitrogens with two attached hydrogens (primary N) is 1. The van der Waals surface area contributed by atoms with Gasteiger partial charge in [0.25, 0.3) is 0 Å². The summed E-state index contributed by atoms with van der Waals surface area (Å²) in [6, 6.07) is 20.3. The van der Waals surface area contributed by atoms with Gasteiger partial charge in [-0.15, -0.1) is 11.3 Å². The number of nitrogens with one attached hydrogen (secondary N) is 1. The minimum Gasteiger partial charge on any atom is -0.455 e. The highest BCUT2D eigenvalue weighted by Crippen LogP contribution is 2.48. The zero-order valence-electron chi connectivity index (χ0n) is 16.0. The number of benzene rings is 2. The van der Waals surface area contributed by atoms with Gasteiger partial charge in [0.1, 0.15) is 17.3 Å². The molecule has 0 bridgehead atoms. The summed E-state index contributed by atoms with van der Waals surface area (Å²) in [6.07, 6.45) is 0. The second-order valence-corrected chi connectivity index (χ2v) is 9.42. The van der Waals surface area contributed by atoms with Crippen LogP contribution in [-0.2, 0) is 0 Å². The van der Waals surface area contributed by atoms with Crippen molar-refractivity contribution in [2.75, 3.05) is 5.73 Å². The molecule has 8 heteroatoms. The fraction of sp³-hybridized carbons (Fsp3) is 0. The number of nitrogens with zero attached hydrogens (tertiary/aromatic N) is 2. The van der Waals surface area contributed by atoms with Crippen molar-refractivity contribution >= 4 is 52.2 Å². The van der Waals surface area contributed by atoms with Gasteiger partial charge in [0.2, 0.25) is 0 Å². The highest BCUT2D eigenvalue weighted by Gasteiger charge is 2.19. The van der Waals surface area contributed by atoms with Gasteiger partial charge in [0, 0.05) is 16.0 Å². The standard InChI is InChI=1S/C23H14N4OS3/c24-21-20-13(17-6-3-9-30-17)11-14(25-22(20)27-23(29)26-21)12-7-8-16-19(10-12)31-18-5-2-1-4-15(18)28-16/h1-11H,(H3,24,25,26,27,29). The van der Waals surface area contributed by atoms with E-state index in [0.29, 0.717) is 16.2 Å². The quantitative estimate of drug-likeness (QED) is 0.274. The molecule has 4 heterocycles. The summed E-state index contributed by atoms with van der Waals surface area (Å²) >= 11 is 8.59. The summed E-state index contributed by atoms with van der Waals surface area (Å²) in [4.78, 5) is 15.5. The predicted molar refractivity (Wildman–Crippen MR) is 129 cm³/mol. The molecule has 31 heavy (non-hydrogen) atoms. The molecule has 0 saturated carbocycles. The molecule has 0 atom stereocenters. The number of aromatic amines is 1. The Bertz CT molecular complexity index is 1530. The van der Waals surface area contributed by atoms with Crippen LogP contribution in [0.1, 0.15) is 0 Å². The van der Waals surface area contributed by atoms with Crippen molar-refractivity contribution in [1.29, 1.82) is 0 Å². The van der Waals surface area contributed by atoms with Gasteiger partial charge < -0.3 is 15.5 Å². The van der Waals surface area contributed by atoms with Gasteiger partial charge in [-0.1, -0.05) is 30.0 Å². The SMILES string of the molecule is Nc1[nH]c(=S)nc2nc(-c3ccc4c(c3)Sc3ccccc3O4)cc(-c3cccs3)c12. The van der Waals surface area contributed by atoms with Gasteiger partial charge in [-0.2, -0.15) is 4.98 Å². The van der Waals surface area contributed by atoms with Crippen LogP contribution in [0.15, 0.2) is 75.8 Å². The van der Waals surface area contributed by atoms with E-state index in [4.69, 9.17) is 27.7 Å². The van der Waals surface area contributed by atoms with E-state index >= 15 is 0 Å². The molecule has 3 N–H and O–H groups in total. The molecule has 0 radical (unpaired) electrons. The lowest BCUT2D eigenvalue weighted by atomic mass is 10.0. The predicted octanol–water partition coefficient (Wildman–Crippen LogP) is 6.92. The first kappa shape index (κ1) is 18.6. The molecule has 0 fully saturated rings. The smallest absolute Gasteiger partial charge is 0.200 e. The molecule has 5 nitrogen and oxygen atoms in total. The average Bonchev–Trinajstić information content (AvgIpc) is 3.31. The van der Waals surface area contributed by atoms with Crippen molar-refractivity contribution in [3.63, 3.8) is 0 Å². The zero-order chi connectivity index (χ0) is 20.9. The van der Waals surface area contributed by atoms with Crippen LogP contribution in [0.25, 0.3) is 32.7 Å². The molecule has 1 aliphatic rings. The first-order valence-corrected chi connectivity index (χ1v) is 11.6. The lowest BCUT2D eigenvalue weighted by Gasteiger charge is -2.20. The van der Waals surface area contributed by atoms with Gasteiger partial charge >= 0.3 is 0 Å². The fourth-order valence-electron chi connectivity index (χ4n) is 3.64. The number of para-hydroxylation sites is 1. The largest absolute Gasteiger partial charge is 0.455 e. The first-order valence-electron chi connectivity index (χ1n) is 9.49. The summed E-state index contributed by atoms with van der Waals surface area (Å²) in [5.41, 5.74) is 9.58. The van der Waals surface area contributed by atoms with Crippen molar-refractivity contribution < 1.29 is 4.74 Å². The zero-order valence-corrected chi connectivity index (χ0v) is 18.4. The summed E-state index contributed by atoms with van der Waals surface area (Å²) in [5.74, 6) is 2.20. The Labute approximate surface area is 191 Å². The molecule has 3 aromatic heterocycles. The van der Waals surface area contributed by atoms with Gasteiger partial charge in [0.15, 0.2) is 10.4 Å². The lowest BCUT2D eigenvalue weighted by molar-refractivity contribution is 0.454. The van der Waals surface area contributed by atoms with Crippen molar-refractivity contribution in [2.24, 2.45) is 0 Å². The minimum atomic E-state index is 0.317. The molecule has 0 saturated heterocycles. The summed E-state index contributed by atoms with van der Waals surface area (Å²) in [5, 5.41) is 2.82. The summed E-state index contributed by atoms with van der Waals surface area (Å²) in [7, 11) is 0. The third-order valence-electron chi connectivity index (χ3n) is 5.03. The maximum Gasteiger partial charge on any atom is 0.200 e. The van der Waals surface area contributed by atoms with E-state index < -0.39 is 0 Å². The van der Waals surface area contributed by atoms with Crippen LogP contribution in [0.5, 0.6) is 11.5 Å². The van der Waals surface area contributed by atoms with Gasteiger partial charge in [0.05, 0.1) is 20.9 Å². The number of rotatable bonds is 2. The molecule has 0 unspecified atom stereocenters.